The normalized spacial score (nSPS) is 10.7. The third kappa shape index (κ3) is 2.84. The molecule has 2 aromatic heterocycles. The van der Waals surface area contributed by atoms with Crippen LogP contribution in [0.15, 0.2) is 36.7 Å². The van der Waals surface area contributed by atoms with E-state index in [2.05, 4.69) is 20.3 Å². The van der Waals surface area contributed by atoms with Crippen molar-refractivity contribution < 1.29 is 9.90 Å². The number of H-pyrrole nitrogens is 1. The van der Waals surface area contributed by atoms with Crippen molar-refractivity contribution in [2.75, 3.05) is 0 Å². The maximum atomic E-state index is 11.9. The average Bonchev–Trinajstić information content (AvgIpc) is 2.86. The summed E-state index contributed by atoms with van der Waals surface area (Å²) in [5, 5.41) is 12.0. The van der Waals surface area contributed by atoms with E-state index in [4.69, 9.17) is 0 Å². The number of aromatic amines is 1. The van der Waals surface area contributed by atoms with Crippen molar-refractivity contribution >= 4 is 16.9 Å². The van der Waals surface area contributed by atoms with Crippen molar-refractivity contribution in [2.45, 2.75) is 13.5 Å². The van der Waals surface area contributed by atoms with Crippen LogP contribution in [-0.2, 0) is 6.54 Å². The third-order valence-corrected chi connectivity index (χ3v) is 3.09. The van der Waals surface area contributed by atoms with E-state index in [1.807, 2.05) is 25.1 Å². The van der Waals surface area contributed by atoms with Gasteiger partial charge in [0.05, 0.1) is 29.3 Å². The molecule has 0 fully saturated rings. The number of hydrogen-bond acceptors (Lipinski definition) is 4. The number of amides is 1. The molecule has 0 bridgehead atoms. The molecule has 6 heteroatoms. The summed E-state index contributed by atoms with van der Waals surface area (Å²) >= 11 is 0. The molecule has 0 spiro atoms. The van der Waals surface area contributed by atoms with Gasteiger partial charge in [0.2, 0.25) is 0 Å². The first-order chi connectivity index (χ1) is 10.1. The molecule has 1 amide bonds. The van der Waals surface area contributed by atoms with Crippen LogP contribution in [-0.4, -0.2) is 26.0 Å². The number of pyridine rings is 1. The van der Waals surface area contributed by atoms with Gasteiger partial charge in [0.1, 0.15) is 11.6 Å². The largest absolute Gasteiger partial charge is 0.506 e. The second-order valence-electron chi connectivity index (χ2n) is 4.82. The predicted octanol–water partition coefficient (Wildman–Crippen LogP) is 1.90. The summed E-state index contributed by atoms with van der Waals surface area (Å²) in [6.07, 6.45) is 2.68. The number of carbonyl (C=O) groups excluding carboxylic acids is 1. The topological polar surface area (TPSA) is 90.9 Å². The van der Waals surface area contributed by atoms with Gasteiger partial charge in [-0.15, -0.1) is 0 Å². The zero-order chi connectivity index (χ0) is 14.8. The monoisotopic (exact) mass is 282 g/mol. The number of aromatic hydroxyl groups is 1. The molecule has 3 aromatic rings. The highest BCUT2D eigenvalue weighted by atomic mass is 16.3. The number of aromatic nitrogens is 3. The van der Waals surface area contributed by atoms with E-state index in [-0.39, 0.29) is 18.2 Å². The Morgan fingerprint density at radius 3 is 3.00 bits per heavy atom. The van der Waals surface area contributed by atoms with Gasteiger partial charge in [-0.2, -0.15) is 0 Å². The molecule has 106 valence electrons. The van der Waals surface area contributed by atoms with Crippen LogP contribution in [0.5, 0.6) is 5.75 Å². The smallest absolute Gasteiger partial charge is 0.253 e. The molecule has 0 aliphatic rings. The number of rotatable bonds is 3. The van der Waals surface area contributed by atoms with Crippen LogP contribution in [0.25, 0.3) is 11.0 Å². The molecule has 2 heterocycles. The quantitative estimate of drug-likeness (QED) is 0.684. The number of nitrogens with one attached hydrogen (secondary N) is 2. The Hall–Kier alpha value is -2.89. The second-order valence-corrected chi connectivity index (χ2v) is 4.82. The highest BCUT2D eigenvalue weighted by molar-refractivity contribution is 5.94. The summed E-state index contributed by atoms with van der Waals surface area (Å²) in [5.74, 6) is 0.328. The van der Waals surface area contributed by atoms with E-state index in [9.17, 15) is 9.90 Å². The molecule has 21 heavy (non-hydrogen) atoms. The third-order valence-electron chi connectivity index (χ3n) is 3.09. The first kappa shape index (κ1) is 13.1. The molecular formula is C15H14N4O2. The van der Waals surface area contributed by atoms with Gasteiger partial charge < -0.3 is 15.4 Å². The van der Waals surface area contributed by atoms with E-state index in [0.29, 0.717) is 11.4 Å². The number of carbonyl (C=O) groups is 1. The van der Waals surface area contributed by atoms with E-state index in [1.54, 1.807) is 0 Å². The summed E-state index contributed by atoms with van der Waals surface area (Å²) in [6, 6.07) is 7.30. The molecule has 1 aromatic carbocycles. The number of fused-ring (bicyclic) bond motifs is 1. The summed E-state index contributed by atoms with van der Waals surface area (Å²) < 4.78 is 0. The van der Waals surface area contributed by atoms with Gasteiger partial charge in [-0.1, -0.05) is 6.07 Å². The van der Waals surface area contributed by atoms with Crippen LogP contribution < -0.4 is 5.32 Å². The molecule has 3 N–H and O–H groups in total. The SMILES string of the molecule is Cc1ccc2nc(CNC(=O)c3cncc(O)c3)[nH]c2c1. The maximum Gasteiger partial charge on any atom is 0.253 e. The maximum absolute atomic E-state index is 11.9. The fourth-order valence-corrected chi connectivity index (χ4v) is 2.08. The number of nitrogens with zero attached hydrogens (tertiary/aromatic N) is 2. The van der Waals surface area contributed by atoms with Crippen LogP contribution in [0.3, 0.4) is 0 Å². The molecule has 3 rings (SSSR count). The highest BCUT2D eigenvalue weighted by Gasteiger charge is 2.08. The van der Waals surface area contributed by atoms with Gasteiger partial charge in [0, 0.05) is 6.20 Å². The zero-order valence-electron chi connectivity index (χ0n) is 11.4. The first-order valence-corrected chi connectivity index (χ1v) is 6.49. The van der Waals surface area contributed by atoms with Gasteiger partial charge in [0.25, 0.3) is 5.91 Å². The van der Waals surface area contributed by atoms with Crippen molar-refractivity contribution in [3.05, 3.63) is 53.6 Å². The van der Waals surface area contributed by atoms with E-state index in [0.717, 1.165) is 16.6 Å². The Balaban J connectivity index is 1.72. The Kier molecular flexibility index (Phi) is 3.27. The molecule has 6 nitrogen and oxygen atoms in total. The number of benzene rings is 1. The zero-order valence-corrected chi connectivity index (χ0v) is 11.4. The van der Waals surface area contributed by atoms with Crippen molar-refractivity contribution in [1.29, 1.82) is 0 Å². The van der Waals surface area contributed by atoms with Crippen LogP contribution >= 0.6 is 0 Å². The van der Waals surface area contributed by atoms with Crippen LogP contribution in [0, 0.1) is 6.92 Å². The Labute approximate surface area is 120 Å². The lowest BCUT2D eigenvalue weighted by Crippen LogP contribution is -2.23. The van der Waals surface area contributed by atoms with Gasteiger partial charge in [-0.3, -0.25) is 9.78 Å². The minimum absolute atomic E-state index is 0.0399. The van der Waals surface area contributed by atoms with E-state index in [1.165, 1.54) is 18.5 Å². The lowest BCUT2D eigenvalue weighted by molar-refractivity contribution is 0.0949. The van der Waals surface area contributed by atoms with E-state index < -0.39 is 0 Å². The number of imidazole rings is 1. The van der Waals surface area contributed by atoms with Crippen molar-refractivity contribution in [1.82, 2.24) is 20.3 Å². The summed E-state index contributed by atoms with van der Waals surface area (Å²) in [4.78, 5) is 23.3. The molecule has 0 radical (unpaired) electrons. The van der Waals surface area contributed by atoms with Crippen molar-refractivity contribution in [2.24, 2.45) is 0 Å². The standard InChI is InChI=1S/C15H14N4O2/c1-9-2-3-12-13(4-9)19-14(18-12)8-17-15(21)10-5-11(20)7-16-6-10/h2-7,20H,8H2,1H3,(H,17,21)(H,18,19). The molecule has 0 unspecified atom stereocenters. The highest BCUT2D eigenvalue weighted by Crippen LogP contribution is 2.13. The average molecular weight is 282 g/mol. The van der Waals surface area contributed by atoms with Gasteiger partial charge in [-0.05, 0) is 30.7 Å². The molecule has 0 saturated heterocycles. The first-order valence-electron chi connectivity index (χ1n) is 6.49. The van der Waals surface area contributed by atoms with E-state index >= 15 is 0 Å². The van der Waals surface area contributed by atoms with Gasteiger partial charge >= 0.3 is 0 Å². The number of hydrogen-bond donors (Lipinski definition) is 3. The summed E-state index contributed by atoms with van der Waals surface area (Å²) in [7, 11) is 0. The fraction of sp³-hybridized carbons (Fsp3) is 0.133. The van der Waals surface area contributed by atoms with Crippen molar-refractivity contribution in [3.63, 3.8) is 0 Å². The molecule has 0 saturated carbocycles. The van der Waals surface area contributed by atoms with Gasteiger partial charge in [-0.25, -0.2) is 4.98 Å². The minimum atomic E-state index is -0.310. The predicted molar refractivity (Wildman–Crippen MR) is 77.9 cm³/mol. The van der Waals surface area contributed by atoms with Gasteiger partial charge in [0.15, 0.2) is 0 Å². The lowest BCUT2D eigenvalue weighted by Gasteiger charge is -2.03. The van der Waals surface area contributed by atoms with Crippen LogP contribution in [0.1, 0.15) is 21.7 Å². The second kappa shape index (κ2) is 5.24. The lowest BCUT2D eigenvalue weighted by atomic mass is 10.2. The Morgan fingerprint density at radius 1 is 1.33 bits per heavy atom. The molecule has 0 aliphatic carbocycles. The Morgan fingerprint density at radius 2 is 2.19 bits per heavy atom. The summed E-state index contributed by atoms with van der Waals surface area (Å²) in [5.41, 5.74) is 3.26. The Bertz CT molecular complexity index is 810. The van der Waals surface area contributed by atoms with Crippen LogP contribution in [0.4, 0.5) is 0 Å². The van der Waals surface area contributed by atoms with Crippen LogP contribution in [0.2, 0.25) is 0 Å². The fourth-order valence-electron chi connectivity index (χ4n) is 2.08. The number of aryl methyl sites for hydroxylation is 1. The molecule has 0 aliphatic heterocycles. The van der Waals surface area contributed by atoms with Crippen molar-refractivity contribution in [3.8, 4) is 5.75 Å². The summed E-state index contributed by atoms with van der Waals surface area (Å²) in [6.45, 7) is 2.29. The molecule has 0 atom stereocenters. The minimum Gasteiger partial charge on any atom is -0.506 e. The molecular weight excluding hydrogens is 268 g/mol.